The van der Waals surface area contributed by atoms with Crippen molar-refractivity contribution in [2.45, 2.75) is 44.7 Å². The van der Waals surface area contributed by atoms with Crippen LogP contribution >= 0.6 is 0 Å². The molecular formula is C16H21N9. The van der Waals surface area contributed by atoms with Crippen LogP contribution in [-0.4, -0.2) is 37.8 Å². The fourth-order valence-corrected chi connectivity index (χ4v) is 3.73. The summed E-state index contributed by atoms with van der Waals surface area (Å²) in [5.41, 5.74) is 13.5. The number of aliphatic imine (C=N–C) groups is 2. The van der Waals surface area contributed by atoms with Gasteiger partial charge in [-0.05, 0) is 61.2 Å². The number of anilines is 1. The predicted octanol–water partition coefficient (Wildman–Crippen LogP) is 1.08. The summed E-state index contributed by atoms with van der Waals surface area (Å²) in [5, 5.41) is 11.7. The normalized spacial score (nSPS) is 19.6. The largest absolute Gasteiger partial charge is 0.369 e. The number of guanidine groups is 2. The minimum atomic E-state index is -0.456. The maximum Gasteiger partial charge on any atom is 0.220 e. The van der Waals surface area contributed by atoms with E-state index in [9.17, 15) is 0 Å². The molecule has 1 aromatic heterocycles. The third-order valence-corrected chi connectivity index (χ3v) is 4.81. The van der Waals surface area contributed by atoms with Crippen molar-refractivity contribution >= 4 is 17.6 Å². The first kappa shape index (κ1) is 15.6. The smallest absolute Gasteiger partial charge is 0.220 e. The number of nitrogens with zero attached hydrogens (tertiary/aromatic N) is 7. The Morgan fingerprint density at radius 1 is 1.08 bits per heavy atom. The molecule has 0 bridgehead atoms. The Labute approximate surface area is 145 Å². The Kier molecular flexibility index (Phi) is 3.63. The number of tetrazole rings is 1. The van der Waals surface area contributed by atoms with Gasteiger partial charge in [0.1, 0.15) is 5.66 Å². The van der Waals surface area contributed by atoms with E-state index in [1.165, 1.54) is 6.42 Å². The first-order valence-corrected chi connectivity index (χ1v) is 8.44. The summed E-state index contributed by atoms with van der Waals surface area (Å²) in [6.07, 6.45) is 5.18. The highest BCUT2D eigenvalue weighted by atomic mass is 15.5. The van der Waals surface area contributed by atoms with Gasteiger partial charge in [0.05, 0.1) is 5.69 Å². The van der Waals surface area contributed by atoms with Crippen LogP contribution in [0, 0.1) is 6.92 Å². The van der Waals surface area contributed by atoms with E-state index in [0.29, 0.717) is 11.8 Å². The van der Waals surface area contributed by atoms with Gasteiger partial charge in [-0.1, -0.05) is 12.5 Å². The lowest BCUT2D eigenvalue weighted by atomic mass is 9.87. The summed E-state index contributed by atoms with van der Waals surface area (Å²) in [4.78, 5) is 10.9. The van der Waals surface area contributed by atoms with Crippen molar-refractivity contribution in [2.75, 3.05) is 4.90 Å². The van der Waals surface area contributed by atoms with Crippen LogP contribution in [0.5, 0.6) is 0 Å². The van der Waals surface area contributed by atoms with Gasteiger partial charge >= 0.3 is 0 Å². The highest BCUT2D eigenvalue weighted by Gasteiger charge is 2.42. The summed E-state index contributed by atoms with van der Waals surface area (Å²) in [5.74, 6) is 1.34. The highest BCUT2D eigenvalue weighted by molar-refractivity contribution is 6.05. The number of aromatic nitrogens is 4. The fraction of sp³-hybridized carbons (Fsp3) is 0.438. The molecule has 0 radical (unpaired) electrons. The van der Waals surface area contributed by atoms with E-state index in [2.05, 4.69) is 20.5 Å². The van der Waals surface area contributed by atoms with Crippen LogP contribution in [0.4, 0.5) is 5.69 Å². The van der Waals surface area contributed by atoms with Gasteiger partial charge in [-0.3, -0.25) is 4.90 Å². The number of aryl methyl sites for hydroxylation is 1. The third-order valence-electron chi connectivity index (χ3n) is 4.81. The van der Waals surface area contributed by atoms with Crippen molar-refractivity contribution in [3.8, 4) is 5.69 Å². The zero-order chi connectivity index (χ0) is 17.4. The molecule has 1 saturated carbocycles. The summed E-state index contributed by atoms with van der Waals surface area (Å²) in [7, 11) is 0. The molecule has 2 heterocycles. The molecule has 4 N–H and O–H groups in total. The van der Waals surface area contributed by atoms with E-state index in [-0.39, 0.29) is 5.96 Å². The standard InChI is InChI=1S/C16H21N9/c1-11-21-22-23-25(11)13-7-5-6-12(10-13)24-15(18)19-14(17)20-16(24)8-3-2-4-9-16/h5-7,10H,2-4,8-9H2,1H3,(H4,17,18,19,20). The van der Waals surface area contributed by atoms with E-state index in [4.69, 9.17) is 16.5 Å². The predicted molar refractivity (Wildman–Crippen MR) is 95.4 cm³/mol. The molecule has 0 amide bonds. The van der Waals surface area contributed by atoms with Crippen LogP contribution in [0.1, 0.15) is 37.9 Å². The highest BCUT2D eigenvalue weighted by Crippen LogP contribution is 2.39. The molecule has 1 fully saturated rings. The van der Waals surface area contributed by atoms with Gasteiger partial charge in [0.2, 0.25) is 11.9 Å². The first-order chi connectivity index (χ1) is 12.1. The van der Waals surface area contributed by atoms with Gasteiger partial charge in [-0.15, -0.1) is 5.10 Å². The van der Waals surface area contributed by atoms with Gasteiger partial charge in [0.25, 0.3) is 0 Å². The second-order valence-corrected chi connectivity index (χ2v) is 6.48. The van der Waals surface area contributed by atoms with E-state index < -0.39 is 5.66 Å². The van der Waals surface area contributed by atoms with Crippen LogP contribution < -0.4 is 16.4 Å². The van der Waals surface area contributed by atoms with Gasteiger partial charge < -0.3 is 11.5 Å². The van der Waals surface area contributed by atoms with Crippen LogP contribution in [0.25, 0.3) is 5.69 Å². The Balaban J connectivity index is 1.79. The van der Waals surface area contributed by atoms with Crippen LogP contribution in [0.15, 0.2) is 34.3 Å². The zero-order valence-corrected chi connectivity index (χ0v) is 14.1. The Bertz CT molecular complexity index is 845. The maximum atomic E-state index is 6.27. The lowest BCUT2D eigenvalue weighted by Gasteiger charge is -2.45. The van der Waals surface area contributed by atoms with Crippen LogP contribution in [0.3, 0.4) is 0 Å². The Hall–Kier alpha value is -2.97. The molecule has 1 spiro atoms. The second kappa shape index (κ2) is 5.83. The number of hydrogen-bond acceptors (Lipinski definition) is 8. The molecule has 9 nitrogen and oxygen atoms in total. The number of nitrogens with two attached hydrogens (primary N) is 2. The number of hydrogen-bond donors (Lipinski definition) is 2. The summed E-state index contributed by atoms with van der Waals surface area (Å²) in [6.45, 7) is 1.86. The minimum Gasteiger partial charge on any atom is -0.369 e. The molecule has 130 valence electrons. The van der Waals surface area contributed by atoms with Crippen molar-refractivity contribution < 1.29 is 0 Å². The fourth-order valence-electron chi connectivity index (χ4n) is 3.73. The molecule has 1 aliphatic carbocycles. The van der Waals surface area contributed by atoms with E-state index in [0.717, 1.165) is 37.1 Å². The molecule has 25 heavy (non-hydrogen) atoms. The van der Waals surface area contributed by atoms with Crippen molar-refractivity contribution in [1.82, 2.24) is 20.2 Å². The van der Waals surface area contributed by atoms with E-state index in [1.807, 2.05) is 36.1 Å². The third kappa shape index (κ3) is 2.61. The summed E-state index contributed by atoms with van der Waals surface area (Å²) < 4.78 is 1.69. The quantitative estimate of drug-likeness (QED) is 0.844. The van der Waals surface area contributed by atoms with Crippen molar-refractivity contribution in [1.29, 1.82) is 0 Å². The van der Waals surface area contributed by atoms with E-state index in [1.54, 1.807) is 4.68 Å². The van der Waals surface area contributed by atoms with Gasteiger partial charge in [0.15, 0.2) is 5.82 Å². The average molecular weight is 339 g/mol. The van der Waals surface area contributed by atoms with Crippen LogP contribution in [0.2, 0.25) is 0 Å². The van der Waals surface area contributed by atoms with Gasteiger partial charge in [-0.25, -0.2) is 4.99 Å². The molecule has 2 aliphatic rings. The van der Waals surface area contributed by atoms with Gasteiger partial charge in [0, 0.05) is 5.69 Å². The molecule has 2 aromatic rings. The van der Waals surface area contributed by atoms with E-state index >= 15 is 0 Å². The second-order valence-electron chi connectivity index (χ2n) is 6.48. The van der Waals surface area contributed by atoms with Crippen molar-refractivity contribution in [3.05, 3.63) is 30.1 Å². The molecule has 1 aliphatic heterocycles. The molecule has 0 unspecified atom stereocenters. The number of benzene rings is 1. The molecule has 9 heteroatoms. The topological polar surface area (TPSA) is 124 Å². The molecule has 1 aromatic carbocycles. The van der Waals surface area contributed by atoms with Crippen molar-refractivity contribution in [2.24, 2.45) is 21.5 Å². The van der Waals surface area contributed by atoms with Crippen molar-refractivity contribution in [3.63, 3.8) is 0 Å². The maximum absolute atomic E-state index is 6.27. The molecule has 0 atom stereocenters. The monoisotopic (exact) mass is 339 g/mol. The Morgan fingerprint density at radius 3 is 2.56 bits per heavy atom. The lowest BCUT2D eigenvalue weighted by Crippen LogP contribution is -2.58. The molecule has 4 rings (SSSR count). The number of rotatable bonds is 2. The molecular weight excluding hydrogens is 318 g/mol. The SMILES string of the molecule is Cc1nnnn1-c1cccc(N2C(N)=NC(N)=NC23CCCCC3)c1. The lowest BCUT2D eigenvalue weighted by molar-refractivity contribution is 0.305. The summed E-state index contributed by atoms with van der Waals surface area (Å²) >= 11 is 0. The first-order valence-electron chi connectivity index (χ1n) is 8.44. The Morgan fingerprint density at radius 2 is 1.84 bits per heavy atom. The zero-order valence-electron chi connectivity index (χ0n) is 14.1. The molecule has 0 saturated heterocycles. The minimum absolute atomic E-state index is 0.253. The average Bonchev–Trinajstić information content (AvgIpc) is 3.01. The van der Waals surface area contributed by atoms with Gasteiger partial charge in [-0.2, -0.15) is 9.67 Å². The van der Waals surface area contributed by atoms with Crippen LogP contribution in [-0.2, 0) is 0 Å². The summed E-state index contributed by atoms with van der Waals surface area (Å²) in [6, 6.07) is 7.91.